The van der Waals surface area contributed by atoms with Crippen molar-refractivity contribution in [2.24, 2.45) is 11.3 Å². The Bertz CT molecular complexity index is 667. The number of rotatable bonds is 5. The minimum absolute atomic E-state index is 0.0172. The Labute approximate surface area is 149 Å². The number of carboxylic acids is 1. The molecule has 1 aromatic carbocycles. The van der Waals surface area contributed by atoms with Gasteiger partial charge in [0.2, 0.25) is 5.91 Å². The Kier molecular flexibility index (Phi) is 4.98. The third-order valence-corrected chi connectivity index (χ3v) is 5.81. The lowest BCUT2D eigenvalue weighted by atomic mass is 9.90. The smallest absolute Gasteiger partial charge is 0.307 e. The molecule has 3 rings (SSSR count). The minimum atomic E-state index is -0.675. The fraction of sp³-hybridized carbons (Fsp3) is 0.524. The van der Waals surface area contributed by atoms with E-state index in [9.17, 15) is 9.59 Å². The summed E-state index contributed by atoms with van der Waals surface area (Å²) in [6, 6.07) is 8.43. The van der Waals surface area contributed by atoms with Crippen molar-refractivity contribution in [2.45, 2.75) is 45.4 Å². The Balaban J connectivity index is 1.46. The minimum Gasteiger partial charge on any atom is -0.481 e. The van der Waals surface area contributed by atoms with Crippen LogP contribution in [0.15, 0.2) is 30.3 Å². The first-order valence-corrected chi connectivity index (χ1v) is 9.18. The van der Waals surface area contributed by atoms with Crippen LogP contribution >= 0.6 is 0 Å². The van der Waals surface area contributed by atoms with Gasteiger partial charge < -0.3 is 10.0 Å². The maximum Gasteiger partial charge on any atom is 0.307 e. The van der Waals surface area contributed by atoms with E-state index in [0.29, 0.717) is 25.4 Å². The lowest BCUT2D eigenvalue weighted by molar-refractivity contribution is -0.139. The van der Waals surface area contributed by atoms with Crippen LogP contribution in [0.3, 0.4) is 0 Å². The first-order valence-electron chi connectivity index (χ1n) is 9.18. The summed E-state index contributed by atoms with van der Waals surface area (Å²) in [4.78, 5) is 25.3. The first kappa shape index (κ1) is 17.7. The molecule has 1 aliphatic carbocycles. The SMILES string of the molecule is CC(C)c1ccc(/C=C/CC(=O)N2CCC3(CC2)CC3C(=O)O)cc1. The summed E-state index contributed by atoms with van der Waals surface area (Å²) in [5, 5.41) is 9.13. The maximum absolute atomic E-state index is 12.3. The van der Waals surface area contributed by atoms with Crippen molar-refractivity contribution in [3.63, 3.8) is 0 Å². The Morgan fingerprint density at radius 1 is 1.24 bits per heavy atom. The lowest BCUT2D eigenvalue weighted by Crippen LogP contribution is -2.39. The van der Waals surface area contributed by atoms with Crippen molar-refractivity contribution < 1.29 is 14.7 Å². The van der Waals surface area contributed by atoms with Crippen LogP contribution in [0.2, 0.25) is 0 Å². The number of carboxylic acid groups (broad SMARTS) is 1. The van der Waals surface area contributed by atoms with Crippen LogP contribution in [0, 0.1) is 11.3 Å². The molecule has 1 unspecified atom stereocenters. The van der Waals surface area contributed by atoms with Crippen molar-refractivity contribution >= 4 is 18.0 Å². The van der Waals surface area contributed by atoms with Gasteiger partial charge in [0.15, 0.2) is 0 Å². The molecule has 1 aliphatic heterocycles. The summed E-state index contributed by atoms with van der Waals surface area (Å²) < 4.78 is 0. The summed E-state index contributed by atoms with van der Waals surface area (Å²) in [5.74, 6) is -0.198. The van der Waals surface area contributed by atoms with Crippen LogP contribution in [-0.4, -0.2) is 35.0 Å². The van der Waals surface area contributed by atoms with Crippen LogP contribution in [0.25, 0.3) is 6.08 Å². The topological polar surface area (TPSA) is 57.6 Å². The molecule has 25 heavy (non-hydrogen) atoms. The predicted octanol–water partition coefficient (Wildman–Crippen LogP) is 3.93. The van der Waals surface area contributed by atoms with Crippen LogP contribution in [0.4, 0.5) is 0 Å². The molecule has 1 atom stereocenters. The molecular formula is C21H27NO3. The molecule has 4 nitrogen and oxygen atoms in total. The van der Waals surface area contributed by atoms with Gasteiger partial charge in [0.05, 0.1) is 5.92 Å². The number of benzene rings is 1. The van der Waals surface area contributed by atoms with Gasteiger partial charge in [-0.05, 0) is 41.7 Å². The molecule has 1 saturated heterocycles. The molecule has 2 aliphatic rings. The molecular weight excluding hydrogens is 314 g/mol. The van der Waals surface area contributed by atoms with E-state index in [1.807, 2.05) is 17.1 Å². The zero-order valence-corrected chi connectivity index (χ0v) is 15.1. The lowest BCUT2D eigenvalue weighted by Gasteiger charge is -2.32. The molecule has 0 radical (unpaired) electrons. The normalized spacial score (nSPS) is 21.9. The molecule has 1 aromatic rings. The van der Waals surface area contributed by atoms with Gasteiger partial charge in [0.25, 0.3) is 0 Å². The van der Waals surface area contributed by atoms with Gasteiger partial charge in [-0.25, -0.2) is 0 Å². The Morgan fingerprint density at radius 3 is 2.40 bits per heavy atom. The number of hydrogen-bond donors (Lipinski definition) is 1. The zero-order chi connectivity index (χ0) is 18.0. The highest BCUT2D eigenvalue weighted by atomic mass is 16.4. The summed E-state index contributed by atoms with van der Waals surface area (Å²) in [5.41, 5.74) is 2.41. The van der Waals surface area contributed by atoms with Crippen molar-refractivity contribution in [2.75, 3.05) is 13.1 Å². The van der Waals surface area contributed by atoms with Gasteiger partial charge in [-0.15, -0.1) is 0 Å². The second kappa shape index (κ2) is 7.03. The molecule has 1 amide bonds. The third-order valence-electron chi connectivity index (χ3n) is 5.81. The van der Waals surface area contributed by atoms with Crippen LogP contribution < -0.4 is 0 Å². The quantitative estimate of drug-likeness (QED) is 0.883. The number of carbonyl (C=O) groups excluding carboxylic acids is 1. The van der Waals surface area contributed by atoms with Gasteiger partial charge >= 0.3 is 5.97 Å². The molecule has 1 spiro atoms. The van der Waals surface area contributed by atoms with E-state index >= 15 is 0 Å². The maximum atomic E-state index is 12.3. The average Bonchev–Trinajstić information content (AvgIpc) is 3.29. The number of nitrogens with zero attached hydrogens (tertiary/aromatic N) is 1. The fourth-order valence-corrected chi connectivity index (χ4v) is 3.87. The first-order chi connectivity index (χ1) is 11.9. The number of amides is 1. The number of aliphatic carboxylic acids is 1. The van der Waals surface area contributed by atoms with Crippen LogP contribution in [-0.2, 0) is 9.59 Å². The molecule has 1 saturated carbocycles. The third kappa shape index (κ3) is 3.94. The van der Waals surface area contributed by atoms with E-state index in [-0.39, 0.29) is 17.2 Å². The van der Waals surface area contributed by atoms with Crippen molar-refractivity contribution in [1.29, 1.82) is 0 Å². The number of carbonyl (C=O) groups is 2. The summed E-state index contributed by atoms with van der Waals surface area (Å²) in [6.07, 6.45) is 6.77. The molecule has 4 heteroatoms. The van der Waals surface area contributed by atoms with E-state index in [1.165, 1.54) is 5.56 Å². The monoisotopic (exact) mass is 341 g/mol. The van der Waals surface area contributed by atoms with E-state index in [2.05, 4.69) is 38.1 Å². The number of hydrogen-bond acceptors (Lipinski definition) is 2. The second-order valence-electron chi connectivity index (χ2n) is 7.77. The largest absolute Gasteiger partial charge is 0.481 e. The average molecular weight is 341 g/mol. The van der Waals surface area contributed by atoms with E-state index in [4.69, 9.17) is 5.11 Å². The van der Waals surface area contributed by atoms with Gasteiger partial charge in [-0.3, -0.25) is 9.59 Å². The van der Waals surface area contributed by atoms with Crippen LogP contribution in [0.5, 0.6) is 0 Å². The van der Waals surface area contributed by atoms with Crippen molar-refractivity contribution in [3.8, 4) is 0 Å². The highest BCUT2D eigenvalue weighted by Crippen LogP contribution is 2.59. The van der Waals surface area contributed by atoms with Gasteiger partial charge in [-0.1, -0.05) is 50.3 Å². The van der Waals surface area contributed by atoms with Crippen molar-refractivity contribution in [1.82, 2.24) is 4.90 Å². The standard InChI is InChI=1S/C21H27NO3/c1-15(2)17-8-6-16(7-9-17)4-3-5-19(23)22-12-10-21(11-13-22)14-18(21)20(24)25/h3-4,6-9,15,18H,5,10-14H2,1-2H3,(H,24,25)/b4-3+. The molecule has 1 N–H and O–H groups in total. The Morgan fingerprint density at radius 2 is 1.88 bits per heavy atom. The van der Waals surface area contributed by atoms with Gasteiger partial charge in [0, 0.05) is 19.5 Å². The summed E-state index contributed by atoms with van der Waals surface area (Å²) in [6.45, 7) is 5.73. The van der Waals surface area contributed by atoms with Crippen molar-refractivity contribution in [3.05, 3.63) is 41.5 Å². The van der Waals surface area contributed by atoms with Gasteiger partial charge in [0.1, 0.15) is 0 Å². The Hall–Kier alpha value is -2.10. The number of piperidine rings is 1. The molecule has 0 bridgehead atoms. The molecule has 2 fully saturated rings. The highest BCUT2D eigenvalue weighted by Gasteiger charge is 2.59. The predicted molar refractivity (Wildman–Crippen MR) is 98.2 cm³/mol. The van der Waals surface area contributed by atoms with Gasteiger partial charge in [-0.2, -0.15) is 0 Å². The fourth-order valence-electron chi connectivity index (χ4n) is 3.87. The van der Waals surface area contributed by atoms with E-state index in [1.54, 1.807) is 0 Å². The number of likely N-dealkylation sites (tertiary alicyclic amines) is 1. The summed E-state index contributed by atoms with van der Waals surface area (Å²) >= 11 is 0. The van der Waals surface area contributed by atoms with E-state index in [0.717, 1.165) is 24.8 Å². The summed E-state index contributed by atoms with van der Waals surface area (Å²) in [7, 11) is 0. The van der Waals surface area contributed by atoms with E-state index < -0.39 is 5.97 Å². The molecule has 0 aromatic heterocycles. The molecule has 134 valence electrons. The highest BCUT2D eigenvalue weighted by molar-refractivity contribution is 5.79. The molecule has 1 heterocycles. The second-order valence-corrected chi connectivity index (χ2v) is 7.77. The van der Waals surface area contributed by atoms with Crippen LogP contribution in [0.1, 0.15) is 56.6 Å². The zero-order valence-electron chi connectivity index (χ0n) is 15.1.